The number of nitrogens with one attached hydrogen (secondary N) is 1. The van der Waals surface area contributed by atoms with Gasteiger partial charge in [-0.1, -0.05) is 24.3 Å². The highest BCUT2D eigenvalue weighted by atomic mass is 79.9. The van der Waals surface area contributed by atoms with E-state index in [-0.39, 0.29) is 5.91 Å². The summed E-state index contributed by atoms with van der Waals surface area (Å²) < 4.78 is 6.10. The lowest BCUT2D eigenvalue weighted by Crippen LogP contribution is -2.36. The third kappa shape index (κ3) is 4.21. The van der Waals surface area contributed by atoms with Crippen LogP contribution in [0.3, 0.4) is 0 Å². The van der Waals surface area contributed by atoms with Crippen LogP contribution in [0.5, 0.6) is 0 Å². The average molecular weight is 388 g/mol. The Morgan fingerprint density at radius 2 is 1.83 bits per heavy atom. The number of nitrogens with zero attached hydrogens (tertiary/aromatic N) is 2. The number of hydrazone groups is 1. The lowest BCUT2D eigenvalue weighted by molar-refractivity contribution is 0.0954. The zero-order valence-electron chi connectivity index (χ0n) is 13.1. The highest BCUT2D eigenvalue weighted by Gasteiger charge is 2.10. The van der Waals surface area contributed by atoms with E-state index in [0.717, 1.165) is 36.3 Å². The number of carbonyl (C=O) groups is 1. The maximum atomic E-state index is 12.0. The molecule has 1 aliphatic heterocycles. The van der Waals surface area contributed by atoms with E-state index in [1.807, 2.05) is 30.3 Å². The minimum absolute atomic E-state index is 0.247. The summed E-state index contributed by atoms with van der Waals surface area (Å²) in [6.07, 6.45) is 1.64. The third-order valence-electron chi connectivity index (χ3n) is 3.77. The molecule has 1 amide bonds. The van der Waals surface area contributed by atoms with Crippen LogP contribution in [-0.2, 0) is 4.74 Å². The fraction of sp³-hybridized carbons (Fsp3) is 0.222. The molecule has 1 heterocycles. The van der Waals surface area contributed by atoms with E-state index >= 15 is 0 Å². The van der Waals surface area contributed by atoms with Crippen LogP contribution in [0, 0.1) is 0 Å². The van der Waals surface area contributed by atoms with Gasteiger partial charge in [0.05, 0.1) is 25.0 Å². The standard InChI is InChI=1S/C18H18BrN3O2/c19-17-4-2-1-3-16(17)18(23)21-20-13-14-5-7-15(8-6-14)22-9-11-24-12-10-22/h1-8,13H,9-12H2,(H,21,23). The van der Waals surface area contributed by atoms with Gasteiger partial charge < -0.3 is 9.64 Å². The molecular formula is C18H18BrN3O2. The van der Waals surface area contributed by atoms with Crippen LogP contribution in [0.2, 0.25) is 0 Å². The van der Waals surface area contributed by atoms with Crippen molar-refractivity contribution < 1.29 is 9.53 Å². The predicted molar refractivity (Wildman–Crippen MR) is 98.7 cm³/mol. The van der Waals surface area contributed by atoms with E-state index in [1.54, 1.807) is 12.3 Å². The van der Waals surface area contributed by atoms with Gasteiger partial charge in [0.1, 0.15) is 0 Å². The number of benzene rings is 2. The molecule has 0 aromatic heterocycles. The molecule has 0 saturated carbocycles. The van der Waals surface area contributed by atoms with Crippen LogP contribution in [0.15, 0.2) is 58.1 Å². The zero-order valence-corrected chi connectivity index (χ0v) is 14.7. The van der Waals surface area contributed by atoms with Gasteiger partial charge in [0.15, 0.2) is 0 Å². The molecule has 0 aliphatic carbocycles. The minimum atomic E-state index is -0.247. The summed E-state index contributed by atoms with van der Waals surface area (Å²) in [6.45, 7) is 3.36. The molecule has 0 spiro atoms. The Kier molecular flexibility index (Phi) is 5.61. The summed E-state index contributed by atoms with van der Waals surface area (Å²) in [5.41, 5.74) is 5.20. The molecule has 2 aromatic rings. The lowest BCUT2D eigenvalue weighted by Gasteiger charge is -2.28. The fourth-order valence-electron chi connectivity index (χ4n) is 2.46. The molecule has 124 valence electrons. The molecule has 6 heteroatoms. The maximum absolute atomic E-state index is 12.0. The third-order valence-corrected chi connectivity index (χ3v) is 4.46. The summed E-state index contributed by atoms with van der Waals surface area (Å²) >= 11 is 3.35. The SMILES string of the molecule is O=C(NN=Cc1ccc(N2CCOCC2)cc1)c1ccccc1Br. The largest absolute Gasteiger partial charge is 0.378 e. The normalized spacial score (nSPS) is 14.8. The molecule has 0 radical (unpaired) electrons. The Balaban J connectivity index is 1.58. The molecule has 2 aromatic carbocycles. The quantitative estimate of drug-likeness (QED) is 0.647. The Morgan fingerprint density at radius 1 is 1.12 bits per heavy atom. The van der Waals surface area contributed by atoms with Gasteiger partial charge in [-0.3, -0.25) is 4.79 Å². The van der Waals surface area contributed by atoms with Crippen LogP contribution < -0.4 is 10.3 Å². The molecular weight excluding hydrogens is 370 g/mol. The van der Waals surface area contributed by atoms with Gasteiger partial charge in [0.2, 0.25) is 0 Å². The number of anilines is 1. The number of morpholine rings is 1. The minimum Gasteiger partial charge on any atom is -0.378 e. The lowest BCUT2D eigenvalue weighted by atomic mass is 10.2. The van der Waals surface area contributed by atoms with Crippen LogP contribution in [0.25, 0.3) is 0 Å². The van der Waals surface area contributed by atoms with E-state index in [0.29, 0.717) is 5.56 Å². The Labute approximate surface area is 149 Å². The van der Waals surface area contributed by atoms with E-state index in [4.69, 9.17) is 4.74 Å². The number of ether oxygens (including phenoxy) is 1. The highest BCUT2D eigenvalue weighted by Crippen LogP contribution is 2.16. The Bertz CT molecular complexity index is 725. The van der Waals surface area contributed by atoms with Crippen LogP contribution in [0.1, 0.15) is 15.9 Å². The molecule has 1 aliphatic rings. The van der Waals surface area contributed by atoms with Gasteiger partial charge in [-0.2, -0.15) is 5.10 Å². The number of hydrogen-bond donors (Lipinski definition) is 1. The summed E-state index contributed by atoms with van der Waals surface area (Å²) in [5.74, 6) is -0.247. The van der Waals surface area contributed by atoms with Gasteiger partial charge in [-0.15, -0.1) is 0 Å². The first-order valence-electron chi connectivity index (χ1n) is 7.75. The van der Waals surface area contributed by atoms with Crippen molar-refractivity contribution >= 4 is 33.7 Å². The second-order valence-corrected chi connectivity index (χ2v) is 6.22. The van der Waals surface area contributed by atoms with Crippen molar-refractivity contribution in [3.8, 4) is 0 Å². The van der Waals surface area contributed by atoms with E-state index in [2.05, 4.69) is 43.5 Å². The van der Waals surface area contributed by atoms with Crippen molar-refractivity contribution in [2.45, 2.75) is 0 Å². The first-order chi connectivity index (χ1) is 11.7. The molecule has 1 fully saturated rings. The molecule has 0 atom stereocenters. The number of carbonyl (C=O) groups excluding carboxylic acids is 1. The number of amides is 1. The summed E-state index contributed by atoms with van der Waals surface area (Å²) in [5, 5.41) is 4.02. The van der Waals surface area contributed by atoms with E-state index in [1.165, 1.54) is 5.69 Å². The fourth-order valence-corrected chi connectivity index (χ4v) is 2.93. The summed E-state index contributed by atoms with van der Waals surface area (Å²) in [7, 11) is 0. The summed E-state index contributed by atoms with van der Waals surface area (Å²) in [6, 6.07) is 15.3. The van der Waals surface area contributed by atoms with Crippen LogP contribution in [0.4, 0.5) is 5.69 Å². The van der Waals surface area contributed by atoms with Crippen molar-refractivity contribution in [1.82, 2.24) is 5.43 Å². The van der Waals surface area contributed by atoms with Gasteiger partial charge in [-0.25, -0.2) is 5.43 Å². The van der Waals surface area contributed by atoms with Crippen molar-refractivity contribution in [3.63, 3.8) is 0 Å². The summed E-state index contributed by atoms with van der Waals surface area (Å²) in [4.78, 5) is 14.3. The molecule has 5 nitrogen and oxygen atoms in total. The topological polar surface area (TPSA) is 53.9 Å². The first kappa shape index (κ1) is 16.7. The number of rotatable bonds is 4. The highest BCUT2D eigenvalue weighted by molar-refractivity contribution is 9.10. The molecule has 3 rings (SSSR count). The molecule has 1 saturated heterocycles. The van der Waals surface area contributed by atoms with Gasteiger partial charge >= 0.3 is 0 Å². The smallest absolute Gasteiger partial charge is 0.272 e. The predicted octanol–water partition coefficient (Wildman–Crippen LogP) is 3.05. The number of hydrogen-bond acceptors (Lipinski definition) is 4. The first-order valence-corrected chi connectivity index (χ1v) is 8.54. The van der Waals surface area contributed by atoms with Gasteiger partial charge in [-0.05, 0) is 45.8 Å². The molecule has 0 bridgehead atoms. The van der Waals surface area contributed by atoms with Crippen LogP contribution >= 0.6 is 15.9 Å². The molecule has 1 N–H and O–H groups in total. The zero-order chi connectivity index (χ0) is 16.8. The van der Waals surface area contributed by atoms with Gasteiger partial charge in [0.25, 0.3) is 5.91 Å². The van der Waals surface area contributed by atoms with Crippen molar-refractivity contribution in [2.75, 3.05) is 31.2 Å². The molecule has 24 heavy (non-hydrogen) atoms. The Hall–Kier alpha value is -2.18. The second-order valence-electron chi connectivity index (χ2n) is 5.37. The monoisotopic (exact) mass is 387 g/mol. The van der Waals surface area contributed by atoms with Crippen LogP contribution in [-0.4, -0.2) is 38.4 Å². The number of halogens is 1. The molecule has 0 unspecified atom stereocenters. The van der Waals surface area contributed by atoms with E-state index < -0.39 is 0 Å². The van der Waals surface area contributed by atoms with Crippen molar-refractivity contribution in [3.05, 3.63) is 64.1 Å². The maximum Gasteiger partial charge on any atom is 0.272 e. The average Bonchev–Trinajstić information content (AvgIpc) is 2.63. The van der Waals surface area contributed by atoms with Crippen molar-refractivity contribution in [1.29, 1.82) is 0 Å². The Morgan fingerprint density at radius 3 is 2.54 bits per heavy atom. The van der Waals surface area contributed by atoms with E-state index in [9.17, 15) is 4.79 Å². The van der Waals surface area contributed by atoms with Crippen molar-refractivity contribution in [2.24, 2.45) is 5.10 Å². The van der Waals surface area contributed by atoms with Gasteiger partial charge in [0, 0.05) is 23.2 Å². The second kappa shape index (κ2) is 8.08.